The Labute approximate surface area is 112 Å². The standard InChI is InChI=1S/C14H18ClNO2/c1-14(3-2-4-14)8-16-7-10-5-11(15)13-12(6-10)17-9-18-13/h5-6,16H,2-4,7-9H2,1H3. The molecule has 98 valence electrons. The summed E-state index contributed by atoms with van der Waals surface area (Å²) in [6, 6.07) is 3.95. The van der Waals surface area contributed by atoms with Crippen molar-refractivity contribution in [2.24, 2.45) is 5.41 Å². The van der Waals surface area contributed by atoms with Gasteiger partial charge in [0.1, 0.15) is 0 Å². The number of benzene rings is 1. The van der Waals surface area contributed by atoms with Gasteiger partial charge in [-0.2, -0.15) is 0 Å². The Balaban J connectivity index is 1.61. The fraction of sp³-hybridized carbons (Fsp3) is 0.571. The molecule has 0 aromatic heterocycles. The summed E-state index contributed by atoms with van der Waals surface area (Å²) in [6.07, 6.45) is 4.04. The molecule has 18 heavy (non-hydrogen) atoms. The SMILES string of the molecule is CC1(CNCc2cc(Cl)c3c(c2)OCO3)CCC1. The van der Waals surface area contributed by atoms with Crippen molar-refractivity contribution in [2.45, 2.75) is 32.7 Å². The third-order valence-corrected chi connectivity index (χ3v) is 4.21. The molecule has 1 N–H and O–H groups in total. The largest absolute Gasteiger partial charge is 0.454 e. The van der Waals surface area contributed by atoms with Crippen molar-refractivity contribution >= 4 is 11.6 Å². The van der Waals surface area contributed by atoms with Crippen LogP contribution in [-0.2, 0) is 6.54 Å². The number of rotatable bonds is 4. The van der Waals surface area contributed by atoms with E-state index in [9.17, 15) is 0 Å². The Kier molecular flexibility index (Phi) is 3.12. The molecule has 1 aliphatic carbocycles. The van der Waals surface area contributed by atoms with E-state index in [0.29, 0.717) is 16.2 Å². The summed E-state index contributed by atoms with van der Waals surface area (Å²) in [7, 11) is 0. The van der Waals surface area contributed by atoms with Gasteiger partial charge in [0.05, 0.1) is 5.02 Å². The first-order valence-corrected chi connectivity index (χ1v) is 6.83. The second-order valence-electron chi connectivity index (χ2n) is 5.58. The summed E-state index contributed by atoms with van der Waals surface area (Å²) in [5.41, 5.74) is 1.65. The average molecular weight is 268 g/mol. The van der Waals surface area contributed by atoms with Crippen molar-refractivity contribution in [3.63, 3.8) is 0 Å². The third-order valence-electron chi connectivity index (χ3n) is 3.93. The van der Waals surface area contributed by atoms with Gasteiger partial charge >= 0.3 is 0 Å². The molecule has 1 aliphatic heterocycles. The van der Waals surface area contributed by atoms with E-state index in [1.54, 1.807) is 0 Å². The second-order valence-corrected chi connectivity index (χ2v) is 5.99. The third kappa shape index (κ3) is 2.29. The average Bonchev–Trinajstić information content (AvgIpc) is 2.75. The smallest absolute Gasteiger partial charge is 0.231 e. The van der Waals surface area contributed by atoms with Gasteiger partial charge in [-0.3, -0.25) is 0 Å². The van der Waals surface area contributed by atoms with E-state index in [0.717, 1.165) is 24.4 Å². The Morgan fingerprint density at radius 3 is 2.89 bits per heavy atom. The van der Waals surface area contributed by atoms with Crippen molar-refractivity contribution in [1.29, 1.82) is 0 Å². The van der Waals surface area contributed by atoms with Crippen LogP contribution < -0.4 is 14.8 Å². The Morgan fingerprint density at radius 2 is 2.17 bits per heavy atom. The van der Waals surface area contributed by atoms with Crippen LogP contribution in [-0.4, -0.2) is 13.3 Å². The molecular formula is C14H18ClNO2. The van der Waals surface area contributed by atoms with E-state index in [2.05, 4.69) is 12.2 Å². The minimum absolute atomic E-state index is 0.268. The second kappa shape index (κ2) is 4.63. The summed E-state index contributed by atoms with van der Waals surface area (Å²) >= 11 is 6.15. The molecule has 4 heteroatoms. The lowest BCUT2D eigenvalue weighted by atomic mass is 9.70. The normalized spacial score (nSPS) is 19.7. The highest BCUT2D eigenvalue weighted by molar-refractivity contribution is 6.32. The topological polar surface area (TPSA) is 30.5 Å². The first-order chi connectivity index (χ1) is 8.66. The molecule has 3 nitrogen and oxygen atoms in total. The molecule has 1 fully saturated rings. The van der Waals surface area contributed by atoms with Gasteiger partial charge in [-0.25, -0.2) is 0 Å². The van der Waals surface area contributed by atoms with Gasteiger partial charge in [-0.05, 0) is 36.0 Å². The van der Waals surface area contributed by atoms with E-state index < -0.39 is 0 Å². The van der Waals surface area contributed by atoms with Crippen molar-refractivity contribution in [3.8, 4) is 11.5 Å². The fourth-order valence-electron chi connectivity index (χ4n) is 2.59. The van der Waals surface area contributed by atoms with Crippen LogP contribution >= 0.6 is 11.6 Å². The lowest BCUT2D eigenvalue weighted by Crippen LogP contribution is -2.36. The maximum absolute atomic E-state index is 6.15. The van der Waals surface area contributed by atoms with Crippen LogP contribution in [0.5, 0.6) is 11.5 Å². The highest BCUT2D eigenvalue weighted by atomic mass is 35.5. The van der Waals surface area contributed by atoms with E-state index >= 15 is 0 Å². The highest BCUT2D eigenvalue weighted by Crippen LogP contribution is 2.41. The Bertz CT molecular complexity index is 457. The van der Waals surface area contributed by atoms with E-state index in [1.165, 1.54) is 19.3 Å². The number of nitrogens with one attached hydrogen (secondary N) is 1. The van der Waals surface area contributed by atoms with Gasteiger partial charge in [0.15, 0.2) is 11.5 Å². The summed E-state index contributed by atoms with van der Waals surface area (Å²) < 4.78 is 10.7. The lowest BCUT2D eigenvalue weighted by Gasteiger charge is -2.38. The quantitative estimate of drug-likeness (QED) is 0.908. The zero-order chi connectivity index (χ0) is 12.6. The minimum Gasteiger partial charge on any atom is -0.454 e. The maximum Gasteiger partial charge on any atom is 0.231 e. The molecule has 0 unspecified atom stereocenters. The van der Waals surface area contributed by atoms with E-state index in [4.69, 9.17) is 21.1 Å². The molecule has 0 saturated heterocycles. The fourth-order valence-corrected chi connectivity index (χ4v) is 2.88. The molecular weight excluding hydrogens is 250 g/mol. The van der Waals surface area contributed by atoms with Crippen LogP contribution in [0.4, 0.5) is 0 Å². The molecule has 0 atom stereocenters. The van der Waals surface area contributed by atoms with Crippen LogP contribution in [0.1, 0.15) is 31.7 Å². The van der Waals surface area contributed by atoms with E-state index in [1.807, 2.05) is 12.1 Å². The van der Waals surface area contributed by atoms with Crippen LogP contribution in [0.3, 0.4) is 0 Å². The molecule has 1 saturated carbocycles. The molecule has 0 radical (unpaired) electrons. The summed E-state index contributed by atoms with van der Waals surface area (Å²) in [4.78, 5) is 0. The van der Waals surface area contributed by atoms with E-state index in [-0.39, 0.29) is 6.79 Å². The van der Waals surface area contributed by atoms with Gasteiger partial charge < -0.3 is 14.8 Å². The first-order valence-electron chi connectivity index (χ1n) is 6.45. The van der Waals surface area contributed by atoms with Gasteiger partial charge in [-0.15, -0.1) is 0 Å². The number of ether oxygens (including phenoxy) is 2. The predicted octanol–water partition coefficient (Wildman–Crippen LogP) is 3.35. The molecule has 0 spiro atoms. The van der Waals surface area contributed by atoms with Crippen LogP contribution in [0, 0.1) is 5.41 Å². The molecule has 0 amide bonds. The van der Waals surface area contributed by atoms with Gasteiger partial charge in [-0.1, -0.05) is 24.9 Å². The molecule has 1 heterocycles. The molecule has 3 rings (SSSR count). The summed E-state index contributed by atoms with van der Waals surface area (Å²) in [5, 5.41) is 4.14. The van der Waals surface area contributed by atoms with Crippen LogP contribution in [0.25, 0.3) is 0 Å². The van der Waals surface area contributed by atoms with Crippen molar-refractivity contribution in [3.05, 3.63) is 22.7 Å². The van der Waals surface area contributed by atoms with Crippen LogP contribution in [0.2, 0.25) is 5.02 Å². The van der Waals surface area contributed by atoms with Crippen molar-refractivity contribution < 1.29 is 9.47 Å². The minimum atomic E-state index is 0.268. The zero-order valence-corrected chi connectivity index (χ0v) is 11.3. The molecule has 1 aromatic rings. The summed E-state index contributed by atoms with van der Waals surface area (Å²) in [6.45, 7) is 4.51. The summed E-state index contributed by atoms with van der Waals surface area (Å²) in [5.74, 6) is 1.43. The molecule has 2 aliphatic rings. The zero-order valence-electron chi connectivity index (χ0n) is 10.6. The first kappa shape index (κ1) is 12.1. The van der Waals surface area contributed by atoms with Gasteiger partial charge in [0, 0.05) is 13.1 Å². The lowest BCUT2D eigenvalue weighted by molar-refractivity contribution is 0.156. The number of hydrogen-bond acceptors (Lipinski definition) is 3. The van der Waals surface area contributed by atoms with Crippen molar-refractivity contribution in [1.82, 2.24) is 5.32 Å². The van der Waals surface area contributed by atoms with Gasteiger partial charge in [0.2, 0.25) is 6.79 Å². The highest BCUT2D eigenvalue weighted by Gasteiger charge is 2.30. The monoisotopic (exact) mass is 267 g/mol. The van der Waals surface area contributed by atoms with Crippen molar-refractivity contribution in [2.75, 3.05) is 13.3 Å². The molecule has 0 bridgehead atoms. The maximum atomic E-state index is 6.15. The predicted molar refractivity (Wildman–Crippen MR) is 71.2 cm³/mol. The van der Waals surface area contributed by atoms with Crippen LogP contribution in [0.15, 0.2) is 12.1 Å². The Morgan fingerprint density at radius 1 is 1.33 bits per heavy atom. The Hall–Kier alpha value is -0.930. The molecule has 1 aromatic carbocycles. The number of halogens is 1. The number of fused-ring (bicyclic) bond motifs is 1. The number of hydrogen-bond donors (Lipinski definition) is 1. The van der Waals surface area contributed by atoms with Gasteiger partial charge in [0.25, 0.3) is 0 Å².